The molecule has 1 aliphatic rings. The molecule has 3 aromatic rings. The van der Waals surface area contributed by atoms with E-state index in [1.54, 1.807) is 4.90 Å². The summed E-state index contributed by atoms with van der Waals surface area (Å²) in [5, 5.41) is 13.4. The number of allylic oxidation sites excluding steroid dienone is 3. The van der Waals surface area contributed by atoms with Crippen LogP contribution in [0.15, 0.2) is 96.7 Å². The monoisotopic (exact) mass is 394 g/mol. The molecule has 0 N–H and O–H groups in total. The summed E-state index contributed by atoms with van der Waals surface area (Å²) in [5.74, 6) is -0.146. The number of para-hydroxylation sites is 1. The highest BCUT2D eigenvalue weighted by Gasteiger charge is 2.34. The lowest BCUT2D eigenvalue weighted by molar-refractivity contribution is -0.242. The highest BCUT2D eigenvalue weighted by molar-refractivity contribution is 6.13. The second kappa shape index (κ2) is 7.68. The van der Waals surface area contributed by atoms with Crippen molar-refractivity contribution in [3.63, 3.8) is 0 Å². The number of rotatable bonds is 2. The van der Waals surface area contributed by atoms with Crippen LogP contribution in [0.1, 0.15) is 42.3 Å². The summed E-state index contributed by atoms with van der Waals surface area (Å²) < 4.78 is 0. The SMILES string of the molecule is CC(C)(C)C1=C/C(=C(\[O-])c2ccccc2)c2ccccc2N1C(=O)c1ccccc1. The van der Waals surface area contributed by atoms with E-state index in [0.29, 0.717) is 16.7 Å². The third-order valence-electron chi connectivity index (χ3n) is 5.23. The van der Waals surface area contributed by atoms with Crippen molar-refractivity contribution in [1.82, 2.24) is 0 Å². The lowest BCUT2D eigenvalue weighted by Gasteiger charge is -2.39. The third-order valence-corrected chi connectivity index (χ3v) is 5.23. The van der Waals surface area contributed by atoms with Gasteiger partial charge in [-0.15, -0.1) is 0 Å². The molecule has 1 amide bonds. The smallest absolute Gasteiger partial charge is 0.262 e. The normalized spacial score (nSPS) is 15.3. The van der Waals surface area contributed by atoms with Crippen molar-refractivity contribution in [3.05, 3.63) is 113 Å². The predicted molar refractivity (Wildman–Crippen MR) is 120 cm³/mol. The highest BCUT2D eigenvalue weighted by atomic mass is 16.3. The molecule has 0 radical (unpaired) electrons. The van der Waals surface area contributed by atoms with Crippen LogP contribution in [0.25, 0.3) is 11.3 Å². The van der Waals surface area contributed by atoms with Gasteiger partial charge < -0.3 is 5.11 Å². The number of fused-ring (bicyclic) bond motifs is 1. The number of hydrogen-bond acceptors (Lipinski definition) is 2. The Hall–Kier alpha value is -3.59. The molecule has 0 spiro atoms. The summed E-state index contributed by atoms with van der Waals surface area (Å²) in [7, 11) is 0. The molecule has 0 unspecified atom stereocenters. The topological polar surface area (TPSA) is 43.4 Å². The summed E-state index contributed by atoms with van der Waals surface area (Å²) in [6.45, 7) is 6.17. The van der Waals surface area contributed by atoms with Crippen LogP contribution < -0.4 is 10.0 Å². The first-order valence-corrected chi connectivity index (χ1v) is 10.1. The molecular formula is C27H24NO2-. The molecule has 3 aromatic carbocycles. The van der Waals surface area contributed by atoms with E-state index in [1.165, 1.54) is 0 Å². The van der Waals surface area contributed by atoms with E-state index < -0.39 is 0 Å². The van der Waals surface area contributed by atoms with Gasteiger partial charge in [0, 0.05) is 22.2 Å². The minimum Gasteiger partial charge on any atom is -0.872 e. The van der Waals surface area contributed by atoms with Gasteiger partial charge in [0.15, 0.2) is 0 Å². The minimum absolute atomic E-state index is 0.0448. The van der Waals surface area contributed by atoms with Crippen molar-refractivity contribution in [1.29, 1.82) is 0 Å². The van der Waals surface area contributed by atoms with Crippen molar-refractivity contribution in [3.8, 4) is 0 Å². The number of nitrogens with zero attached hydrogens (tertiary/aromatic N) is 1. The number of carbonyl (C=O) groups is 1. The summed E-state index contributed by atoms with van der Waals surface area (Å²) >= 11 is 0. The van der Waals surface area contributed by atoms with Crippen LogP contribution >= 0.6 is 0 Å². The van der Waals surface area contributed by atoms with Gasteiger partial charge in [-0.1, -0.05) is 93.3 Å². The zero-order valence-electron chi connectivity index (χ0n) is 17.4. The van der Waals surface area contributed by atoms with E-state index in [1.807, 2.05) is 91.0 Å². The lowest BCUT2D eigenvalue weighted by Crippen LogP contribution is -2.38. The van der Waals surface area contributed by atoms with Gasteiger partial charge in [0.1, 0.15) is 0 Å². The Bertz CT molecular complexity index is 1140. The Kier molecular flexibility index (Phi) is 5.04. The van der Waals surface area contributed by atoms with Gasteiger partial charge in [-0.2, -0.15) is 0 Å². The average Bonchev–Trinajstić information content (AvgIpc) is 2.77. The maximum Gasteiger partial charge on any atom is 0.262 e. The van der Waals surface area contributed by atoms with Crippen LogP contribution in [-0.2, 0) is 0 Å². The molecule has 1 heterocycles. The predicted octanol–water partition coefficient (Wildman–Crippen LogP) is 5.51. The van der Waals surface area contributed by atoms with Crippen molar-refractivity contribution in [2.75, 3.05) is 4.90 Å². The van der Waals surface area contributed by atoms with Gasteiger partial charge in [0.25, 0.3) is 5.91 Å². The van der Waals surface area contributed by atoms with E-state index in [9.17, 15) is 9.90 Å². The van der Waals surface area contributed by atoms with Gasteiger partial charge in [-0.05, 0) is 35.4 Å². The Balaban J connectivity index is 1.97. The summed E-state index contributed by atoms with van der Waals surface area (Å²) in [6.07, 6.45) is 1.89. The van der Waals surface area contributed by atoms with Gasteiger partial charge in [-0.3, -0.25) is 9.69 Å². The van der Waals surface area contributed by atoms with Crippen LogP contribution in [-0.4, -0.2) is 5.91 Å². The molecule has 1 aliphatic heterocycles. The number of anilines is 1. The molecule has 0 aliphatic carbocycles. The van der Waals surface area contributed by atoms with Crippen molar-refractivity contribution in [2.24, 2.45) is 5.41 Å². The second-order valence-electron chi connectivity index (χ2n) is 8.41. The number of hydrogen-bond donors (Lipinski definition) is 0. The van der Waals surface area contributed by atoms with Crippen molar-refractivity contribution >= 4 is 22.9 Å². The quantitative estimate of drug-likeness (QED) is 0.538. The molecule has 3 heteroatoms. The molecule has 0 fully saturated rings. The first-order chi connectivity index (χ1) is 14.4. The zero-order chi connectivity index (χ0) is 21.3. The molecular weight excluding hydrogens is 370 g/mol. The fraction of sp³-hybridized carbons (Fsp3) is 0.148. The zero-order valence-corrected chi connectivity index (χ0v) is 17.4. The van der Waals surface area contributed by atoms with Gasteiger partial charge >= 0.3 is 0 Å². The molecule has 30 heavy (non-hydrogen) atoms. The highest BCUT2D eigenvalue weighted by Crippen LogP contribution is 2.44. The molecule has 150 valence electrons. The molecule has 0 atom stereocenters. The van der Waals surface area contributed by atoms with Crippen LogP contribution in [0.3, 0.4) is 0 Å². The van der Waals surface area contributed by atoms with E-state index >= 15 is 0 Å². The Labute approximate surface area is 177 Å². The van der Waals surface area contributed by atoms with E-state index in [0.717, 1.165) is 16.9 Å². The fourth-order valence-corrected chi connectivity index (χ4v) is 3.72. The standard InChI is InChI=1S/C27H25NO2/c1-27(2,3)24-18-22(25(29)19-12-6-4-7-13-19)21-16-10-11-17-23(21)28(24)26(30)20-14-8-5-9-15-20/h4-18,29H,1-3H3/p-1/b25-22+. The Morgan fingerprint density at radius 3 is 1.90 bits per heavy atom. The minimum atomic E-state index is -0.347. The Morgan fingerprint density at radius 2 is 1.30 bits per heavy atom. The Morgan fingerprint density at radius 1 is 0.767 bits per heavy atom. The maximum absolute atomic E-state index is 13.6. The number of benzene rings is 3. The van der Waals surface area contributed by atoms with Gasteiger partial charge in [0.2, 0.25) is 0 Å². The molecule has 4 rings (SSSR count). The largest absolute Gasteiger partial charge is 0.872 e. The first kappa shape index (κ1) is 19.7. The molecule has 0 aromatic heterocycles. The summed E-state index contributed by atoms with van der Waals surface area (Å²) in [4.78, 5) is 15.3. The molecule has 3 nitrogen and oxygen atoms in total. The average molecular weight is 394 g/mol. The fourth-order valence-electron chi connectivity index (χ4n) is 3.72. The maximum atomic E-state index is 13.6. The van der Waals surface area contributed by atoms with Gasteiger partial charge in [-0.25, -0.2) is 0 Å². The van der Waals surface area contributed by atoms with Crippen LogP contribution in [0.5, 0.6) is 0 Å². The third kappa shape index (κ3) is 3.55. The lowest BCUT2D eigenvalue weighted by atomic mass is 9.83. The van der Waals surface area contributed by atoms with Gasteiger partial charge in [0.05, 0.1) is 5.69 Å². The molecule has 0 saturated carbocycles. The van der Waals surface area contributed by atoms with Crippen molar-refractivity contribution in [2.45, 2.75) is 20.8 Å². The first-order valence-electron chi connectivity index (χ1n) is 10.1. The summed E-state index contributed by atoms with van der Waals surface area (Å²) in [6, 6.07) is 26.1. The van der Waals surface area contributed by atoms with E-state index in [2.05, 4.69) is 20.8 Å². The van der Waals surface area contributed by atoms with E-state index in [4.69, 9.17) is 0 Å². The van der Waals surface area contributed by atoms with Crippen LogP contribution in [0.2, 0.25) is 0 Å². The number of carbonyl (C=O) groups excluding carboxylic acids is 1. The molecule has 0 bridgehead atoms. The second-order valence-corrected chi connectivity index (χ2v) is 8.41. The molecule has 0 saturated heterocycles. The van der Waals surface area contributed by atoms with Crippen LogP contribution in [0, 0.1) is 5.41 Å². The van der Waals surface area contributed by atoms with E-state index in [-0.39, 0.29) is 17.1 Å². The number of amides is 1. The summed E-state index contributed by atoms with van der Waals surface area (Å²) in [5.41, 5.74) is 3.81. The van der Waals surface area contributed by atoms with Crippen molar-refractivity contribution < 1.29 is 9.90 Å². The van der Waals surface area contributed by atoms with Crippen LogP contribution in [0.4, 0.5) is 5.69 Å².